The summed E-state index contributed by atoms with van der Waals surface area (Å²) in [5.74, 6) is -0.266. The van der Waals surface area contributed by atoms with Crippen LogP contribution in [0.15, 0.2) is 35.5 Å². The molecule has 0 unspecified atom stereocenters. The highest BCUT2D eigenvalue weighted by Gasteiger charge is 2.14. The second-order valence-electron chi connectivity index (χ2n) is 6.80. The zero-order chi connectivity index (χ0) is 23.1. The quantitative estimate of drug-likeness (QED) is 0.449. The smallest absolute Gasteiger partial charge is 0.325 e. The van der Waals surface area contributed by atoms with Crippen molar-refractivity contribution in [3.63, 3.8) is 0 Å². The molecule has 0 bridgehead atoms. The van der Waals surface area contributed by atoms with Gasteiger partial charge in [-0.25, -0.2) is 4.79 Å². The van der Waals surface area contributed by atoms with Crippen LogP contribution < -0.4 is 25.4 Å². The molecule has 2 aromatic rings. The van der Waals surface area contributed by atoms with Gasteiger partial charge < -0.3 is 24.9 Å². The van der Waals surface area contributed by atoms with E-state index in [4.69, 9.17) is 25.9 Å². The summed E-state index contributed by atoms with van der Waals surface area (Å²) in [4.78, 5) is 40.4. The molecule has 11 heteroatoms. The second kappa shape index (κ2) is 10.5. The topological polar surface area (TPSA) is 127 Å². The summed E-state index contributed by atoms with van der Waals surface area (Å²) in [7, 11) is 0. The first-order valence-electron chi connectivity index (χ1n) is 9.55. The Bertz CT molecular complexity index is 1050. The number of benzene rings is 2. The second-order valence-corrected chi connectivity index (χ2v) is 7.20. The molecule has 168 valence electrons. The monoisotopic (exact) mass is 460 g/mol. The Kier molecular flexibility index (Phi) is 7.50. The first-order valence-corrected chi connectivity index (χ1v) is 9.93. The normalized spacial score (nSPS) is 12.2. The van der Waals surface area contributed by atoms with E-state index in [0.29, 0.717) is 41.1 Å². The first-order chi connectivity index (χ1) is 15.3. The number of aryl methyl sites for hydroxylation is 2. The van der Waals surface area contributed by atoms with E-state index in [1.165, 1.54) is 0 Å². The molecule has 0 fully saturated rings. The number of halogens is 1. The van der Waals surface area contributed by atoms with Crippen molar-refractivity contribution < 1.29 is 28.7 Å². The van der Waals surface area contributed by atoms with Crippen LogP contribution >= 0.6 is 11.6 Å². The number of rotatable bonds is 6. The van der Waals surface area contributed by atoms with Crippen LogP contribution in [0.1, 0.15) is 11.1 Å². The van der Waals surface area contributed by atoms with Crippen LogP contribution in [-0.2, 0) is 14.4 Å². The molecule has 32 heavy (non-hydrogen) atoms. The Hall–Kier alpha value is -3.79. The summed E-state index contributed by atoms with van der Waals surface area (Å²) in [5.41, 5.74) is 2.63. The summed E-state index contributed by atoms with van der Waals surface area (Å²) in [6, 6.07) is 7.67. The zero-order valence-corrected chi connectivity index (χ0v) is 18.1. The number of carbonyl (C=O) groups is 3. The summed E-state index contributed by atoms with van der Waals surface area (Å²) in [5, 5.41) is 11.0. The van der Waals surface area contributed by atoms with Crippen molar-refractivity contribution in [3.8, 4) is 11.5 Å². The molecule has 10 nitrogen and oxygen atoms in total. The number of fused-ring (bicyclic) bond motifs is 1. The fourth-order valence-corrected chi connectivity index (χ4v) is 3.23. The molecule has 0 spiro atoms. The highest BCUT2D eigenvalue weighted by atomic mass is 35.5. The van der Waals surface area contributed by atoms with Gasteiger partial charge >= 0.3 is 6.03 Å². The first kappa shape index (κ1) is 22.9. The number of carbonyl (C=O) groups excluding carboxylic acids is 3. The van der Waals surface area contributed by atoms with E-state index < -0.39 is 24.5 Å². The summed E-state index contributed by atoms with van der Waals surface area (Å²) in [6.45, 7) is 4.00. The molecular formula is C21H21ClN4O6. The maximum Gasteiger partial charge on any atom is 0.325 e. The van der Waals surface area contributed by atoms with E-state index >= 15 is 0 Å². The van der Waals surface area contributed by atoms with E-state index in [2.05, 4.69) is 21.1 Å². The van der Waals surface area contributed by atoms with Gasteiger partial charge in [0, 0.05) is 11.8 Å². The van der Waals surface area contributed by atoms with Crippen molar-refractivity contribution in [1.82, 2.24) is 5.32 Å². The lowest BCUT2D eigenvalue weighted by molar-refractivity contribution is -0.124. The maximum atomic E-state index is 11.9. The average molecular weight is 461 g/mol. The molecule has 3 rings (SSSR count). The molecule has 4 amide bonds. The van der Waals surface area contributed by atoms with Crippen LogP contribution in [0, 0.1) is 13.8 Å². The number of hydrogen-bond acceptors (Lipinski definition) is 7. The standard InChI is InChI=1S/C21H21ClN4O6/c1-12-7-13(2)20(15(22)8-12)25-18(27)10-23-32-11-19(28)26-21(29)24-14-3-4-16-17(9-14)31-6-5-30-16/h3-4,7-10H,5-6,11H2,1-2H3,(H,25,27)(H2,24,26,28,29)/b23-10+. The number of oxime groups is 1. The largest absolute Gasteiger partial charge is 0.486 e. The Morgan fingerprint density at radius 3 is 2.59 bits per heavy atom. The highest BCUT2D eigenvalue weighted by molar-refractivity contribution is 6.37. The summed E-state index contributed by atoms with van der Waals surface area (Å²) >= 11 is 6.13. The number of hydrogen-bond donors (Lipinski definition) is 3. The third-order valence-electron chi connectivity index (χ3n) is 4.17. The summed E-state index contributed by atoms with van der Waals surface area (Å²) < 4.78 is 10.8. The van der Waals surface area contributed by atoms with Gasteiger partial charge in [-0.2, -0.15) is 0 Å². The molecule has 2 aromatic carbocycles. The van der Waals surface area contributed by atoms with Crippen molar-refractivity contribution in [2.45, 2.75) is 13.8 Å². The molecule has 0 aromatic heterocycles. The number of ether oxygens (including phenoxy) is 2. The van der Waals surface area contributed by atoms with Crippen LogP contribution in [0.2, 0.25) is 5.02 Å². The number of nitrogens with zero attached hydrogens (tertiary/aromatic N) is 1. The minimum atomic E-state index is -0.763. The fraction of sp³-hybridized carbons (Fsp3) is 0.238. The Morgan fingerprint density at radius 1 is 1.09 bits per heavy atom. The third-order valence-corrected chi connectivity index (χ3v) is 4.47. The molecule has 1 aliphatic heterocycles. The molecule has 1 heterocycles. The van der Waals surface area contributed by atoms with E-state index in [1.807, 2.05) is 19.9 Å². The minimum Gasteiger partial charge on any atom is -0.486 e. The van der Waals surface area contributed by atoms with Crippen molar-refractivity contribution in [1.29, 1.82) is 0 Å². The van der Waals surface area contributed by atoms with Gasteiger partial charge in [-0.1, -0.05) is 22.8 Å². The molecule has 0 aliphatic carbocycles. The minimum absolute atomic E-state index is 0.397. The van der Waals surface area contributed by atoms with Crippen molar-refractivity contribution >= 4 is 47.0 Å². The lowest BCUT2D eigenvalue weighted by Crippen LogP contribution is -2.36. The Balaban J connectivity index is 1.41. The summed E-state index contributed by atoms with van der Waals surface area (Å²) in [6.07, 6.45) is 0.859. The molecule has 3 N–H and O–H groups in total. The fourth-order valence-electron chi connectivity index (χ4n) is 2.86. The van der Waals surface area contributed by atoms with Crippen molar-refractivity contribution in [3.05, 3.63) is 46.5 Å². The van der Waals surface area contributed by atoms with Crippen molar-refractivity contribution in [2.24, 2.45) is 5.16 Å². The Morgan fingerprint density at radius 2 is 1.84 bits per heavy atom. The Labute approximate surface area is 188 Å². The van der Waals surface area contributed by atoms with Crippen LogP contribution in [0.25, 0.3) is 0 Å². The maximum absolute atomic E-state index is 11.9. The molecular weight excluding hydrogens is 440 g/mol. The van der Waals surface area contributed by atoms with Crippen LogP contribution in [0.3, 0.4) is 0 Å². The molecule has 0 saturated carbocycles. The number of imide groups is 1. The van der Waals surface area contributed by atoms with Crippen molar-refractivity contribution in [2.75, 3.05) is 30.5 Å². The molecule has 0 radical (unpaired) electrons. The van der Waals surface area contributed by atoms with Gasteiger partial charge in [0.05, 0.1) is 10.7 Å². The van der Waals surface area contributed by atoms with Gasteiger partial charge in [-0.15, -0.1) is 0 Å². The molecule has 0 atom stereocenters. The van der Waals surface area contributed by atoms with Crippen LogP contribution in [0.4, 0.5) is 16.2 Å². The predicted octanol–water partition coefficient (Wildman–Crippen LogP) is 3.02. The lowest BCUT2D eigenvalue weighted by Gasteiger charge is -2.18. The van der Waals surface area contributed by atoms with Gasteiger partial charge in [-0.3, -0.25) is 14.9 Å². The number of amides is 4. The van der Waals surface area contributed by atoms with Crippen LogP contribution in [-0.4, -0.2) is 43.9 Å². The van der Waals surface area contributed by atoms with Gasteiger partial charge in [-0.05, 0) is 43.2 Å². The van der Waals surface area contributed by atoms with Gasteiger partial charge in [0.2, 0.25) is 0 Å². The van der Waals surface area contributed by atoms with Crippen LogP contribution in [0.5, 0.6) is 11.5 Å². The number of nitrogens with one attached hydrogen (secondary N) is 3. The van der Waals surface area contributed by atoms with E-state index in [0.717, 1.165) is 17.3 Å². The van der Waals surface area contributed by atoms with E-state index in [9.17, 15) is 14.4 Å². The van der Waals surface area contributed by atoms with E-state index in [-0.39, 0.29) is 0 Å². The zero-order valence-electron chi connectivity index (χ0n) is 17.4. The SMILES string of the molecule is Cc1cc(C)c(NC(=O)/C=N/OCC(=O)NC(=O)Nc2ccc3c(c2)OCCO3)c(Cl)c1. The third kappa shape index (κ3) is 6.35. The molecule has 0 saturated heterocycles. The number of urea groups is 1. The van der Waals surface area contributed by atoms with Gasteiger partial charge in [0.25, 0.3) is 11.8 Å². The lowest BCUT2D eigenvalue weighted by atomic mass is 10.1. The predicted molar refractivity (Wildman–Crippen MR) is 119 cm³/mol. The average Bonchev–Trinajstić information content (AvgIpc) is 2.73. The van der Waals surface area contributed by atoms with Gasteiger partial charge in [0.15, 0.2) is 18.1 Å². The highest BCUT2D eigenvalue weighted by Crippen LogP contribution is 2.32. The van der Waals surface area contributed by atoms with E-state index in [1.54, 1.807) is 24.3 Å². The molecule has 1 aliphatic rings. The number of anilines is 2. The van der Waals surface area contributed by atoms with Gasteiger partial charge in [0.1, 0.15) is 19.4 Å².